The average Bonchev–Trinajstić information content (AvgIpc) is 2.38. The molecule has 0 heterocycles. The van der Waals surface area contributed by atoms with Gasteiger partial charge in [-0.1, -0.05) is 24.3 Å². The minimum atomic E-state index is -1.52. The average molecular weight is 278 g/mol. The molecule has 2 aromatic carbocycles. The standard InChI is InChI=1S/C14H11FO3S/c15-11-5-3-4-10(8-11)9-19(18)13-7-2-1-6-12(13)14(16)17/h1-8H,9H2,(H,16,17). The highest BCUT2D eigenvalue weighted by molar-refractivity contribution is 7.84. The smallest absolute Gasteiger partial charge is 0.336 e. The van der Waals surface area contributed by atoms with Crippen LogP contribution in [0.15, 0.2) is 53.4 Å². The zero-order valence-electron chi connectivity index (χ0n) is 9.88. The SMILES string of the molecule is O=C(O)c1ccccc1S(=O)Cc1cccc(F)c1. The maximum absolute atomic E-state index is 13.0. The molecule has 0 saturated carbocycles. The van der Waals surface area contributed by atoms with Gasteiger partial charge < -0.3 is 5.11 Å². The van der Waals surface area contributed by atoms with Crippen molar-refractivity contribution in [3.63, 3.8) is 0 Å². The Balaban J connectivity index is 2.28. The normalized spacial score (nSPS) is 12.1. The minimum Gasteiger partial charge on any atom is -0.478 e. The van der Waals surface area contributed by atoms with E-state index < -0.39 is 22.6 Å². The number of rotatable bonds is 4. The number of hydrogen-bond acceptors (Lipinski definition) is 2. The minimum absolute atomic E-state index is 0.0113. The molecule has 98 valence electrons. The van der Waals surface area contributed by atoms with Crippen molar-refractivity contribution < 1.29 is 18.5 Å². The van der Waals surface area contributed by atoms with Gasteiger partial charge in [-0.3, -0.25) is 4.21 Å². The topological polar surface area (TPSA) is 54.4 Å². The fourth-order valence-corrected chi connectivity index (χ4v) is 2.97. The summed E-state index contributed by atoms with van der Waals surface area (Å²) >= 11 is 0. The van der Waals surface area contributed by atoms with Gasteiger partial charge in [-0.15, -0.1) is 0 Å². The second-order valence-corrected chi connectivity index (χ2v) is 5.34. The highest BCUT2D eigenvalue weighted by atomic mass is 32.2. The Labute approximate surface area is 112 Å². The van der Waals surface area contributed by atoms with E-state index in [2.05, 4.69) is 0 Å². The van der Waals surface area contributed by atoms with Gasteiger partial charge in [-0.25, -0.2) is 9.18 Å². The molecular weight excluding hydrogens is 267 g/mol. The Morgan fingerprint density at radius 3 is 2.58 bits per heavy atom. The number of halogens is 1. The Morgan fingerprint density at radius 2 is 1.89 bits per heavy atom. The van der Waals surface area contributed by atoms with Gasteiger partial charge in [0.25, 0.3) is 0 Å². The molecule has 0 fully saturated rings. The molecule has 3 nitrogen and oxygen atoms in total. The van der Waals surface area contributed by atoms with Gasteiger partial charge in [-0.2, -0.15) is 0 Å². The first-order valence-electron chi connectivity index (χ1n) is 5.53. The van der Waals surface area contributed by atoms with Crippen LogP contribution in [0.5, 0.6) is 0 Å². The molecule has 0 spiro atoms. The monoisotopic (exact) mass is 278 g/mol. The van der Waals surface area contributed by atoms with Gasteiger partial charge >= 0.3 is 5.97 Å². The van der Waals surface area contributed by atoms with Crippen LogP contribution in [-0.2, 0) is 16.6 Å². The lowest BCUT2D eigenvalue weighted by atomic mass is 10.2. The predicted molar refractivity (Wildman–Crippen MR) is 69.9 cm³/mol. The summed E-state index contributed by atoms with van der Waals surface area (Å²) in [7, 11) is -1.52. The van der Waals surface area contributed by atoms with Crippen LogP contribution in [0.4, 0.5) is 4.39 Å². The van der Waals surface area contributed by atoms with E-state index >= 15 is 0 Å². The zero-order chi connectivity index (χ0) is 13.8. The first kappa shape index (κ1) is 13.4. The van der Waals surface area contributed by atoms with Crippen LogP contribution < -0.4 is 0 Å². The van der Waals surface area contributed by atoms with Crippen molar-refractivity contribution in [3.8, 4) is 0 Å². The van der Waals surface area contributed by atoms with Crippen molar-refractivity contribution >= 4 is 16.8 Å². The van der Waals surface area contributed by atoms with Crippen molar-refractivity contribution in [2.45, 2.75) is 10.6 Å². The van der Waals surface area contributed by atoms with Crippen LogP contribution in [0.1, 0.15) is 15.9 Å². The van der Waals surface area contributed by atoms with Gasteiger partial charge in [0, 0.05) is 0 Å². The number of carbonyl (C=O) groups is 1. The van der Waals surface area contributed by atoms with E-state index in [0.717, 1.165) is 0 Å². The Kier molecular flexibility index (Phi) is 4.06. The number of hydrogen-bond donors (Lipinski definition) is 1. The molecule has 0 saturated heterocycles. The van der Waals surface area contributed by atoms with Crippen molar-refractivity contribution in [1.29, 1.82) is 0 Å². The van der Waals surface area contributed by atoms with Crippen molar-refractivity contribution in [3.05, 3.63) is 65.5 Å². The first-order chi connectivity index (χ1) is 9.08. The lowest BCUT2D eigenvalue weighted by molar-refractivity contribution is 0.0693. The molecule has 19 heavy (non-hydrogen) atoms. The van der Waals surface area contributed by atoms with E-state index in [-0.39, 0.29) is 16.2 Å². The number of carboxylic acids is 1. The van der Waals surface area contributed by atoms with E-state index in [1.807, 2.05) is 0 Å². The molecule has 0 bridgehead atoms. The van der Waals surface area contributed by atoms with Gasteiger partial charge in [0.2, 0.25) is 0 Å². The summed E-state index contributed by atoms with van der Waals surface area (Å²) in [5.74, 6) is -1.44. The van der Waals surface area contributed by atoms with Crippen molar-refractivity contribution in [1.82, 2.24) is 0 Å². The fourth-order valence-electron chi connectivity index (χ4n) is 1.70. The Bertz CT molecular complexity index is 640. The summed E-state index contributed by atoms with van der Waals surface area (Å²) in [6.07, 6.45) is 0. The number of benzene rings is 2. The van der Waals surface area contributed by atoms with Crippen LogP contribution in [0.25, 0.3) is 0 Å². The van der Waals surface area contributed by atoms with Crippen LogP contribution in [0.3, 0.4) is 0 Å². The molecule has 0 amide bonds. The Morgan fingerprint density at radius 1 is 1.16 bits per heavy atom. The van der Waals surface area contributed by atoms with Crippen molar-refractivity contribution in [2.24, 2.45) is 0 Å². The number of carboxylic acid groups (broad SMARTS) is 1. The summed E-state index contributed by atoms with van der Waals surface area (Å²) < 4.78 is 25.2. The molecule has 0 aromatic heterocycles. The lowest BCUT2D eigenvalue weighted by Crippen LogP contribution is -2.05. The van der Waals surface area contributed by atoms with Crippen LogP contribution in [0, 0.1) is 5.82 Å². The second kappa shape index (κ2) is 5.75. The zero-order valence-corrected chi connectivity index (χ0v) is 10.7. The molecule has 2 aromatic rings. The van der Waals surface area contributed by atoms with Crippen LogP contribution in [0.2, 0.25) is 0 Å². The molecule has 1 N–H and O–H groups in total. The molecule has 0 radical (unpaired) electrons. The van der Waals surface area contributed by atoms with Crippen LogP contribution in [-0.4, -0.2) is 15.3 Å². The van der Waals surface area contributed by atoms with E-state index in [1.165, 1.54) is 30.3 Å². The molecule has 1 atom stereocenters. The molecule has 0 aliphatic rings. The quantitative estimate of drug-likeness (QED) is 0.935. The summed E-state index contributed by atoms with van der Waals surface area (Å²) in [5.41, 5.74) is 0.579. The van der Waals surface area contributed by atoms with E-state index in [1.54, 1.807) is 18.2 Å². The number of aromatic carboxylic acids is 1. The molecule has 5 heteroatoms. The highest BCUT2D eigenvalue weighted by Gasteiger charge is 2.14. The first-order valence-corrected chi connectivity index (χ1v) is 6.85. The summed E-state index contributed by atoms with van der Waals surface area (Å²) in [5, 5.41) is 9.03. The summed E-state index contributed by atoms with van der Waals surface area (Å²) in [4.78, 5) is 11.3. The second-order valence-electron chi connectivity index (χ2n) is 3.92. The third-order valence-electron chi connectivity index (χ3n) is 2.55. The molecule has 0 aliphatic carbocycles. The molecule has 1 unspecified atom stereocenters. The van der Waals surface area contributed by atoms with E-state index in [0.29, 0.717) is 5.56 Å². The third kappa shape index (κ3) is 3.26. The summed E-state index contributed by atoms with van der Waals surface area (Å²) in [6, 6.07) is 11.9. The summed E-state index contributed by atoms with van der Waals surface area (Å²) in [6.45, 7) is 0. The molecule has 2 rings (SSSR count). The van der Waals surface area contributed by atoms with Crippen molar-refractivity contribution in [2.75, 3.05) is 0 Å². The van der Waals surface area contributed by atoms with Crippen LogP contribution >= 0.6 is 0 Å². The maximum atomic E-state index is 13.0. The Hall–Kier alpha value is -2.01. The maximum Gasteiger partial charge on any atom is 0.336 e. The van der Waals surface area contributed by atoms with E-state index in [4.69, 9.17) is 5.11 Å². The largest absolute Gasteiger partial charge is 0.478 e. The lowest BCUT2D eigenvalue weighted by Gasteiger charge is -2.06. The fraction of sp³-hybridized carbons (Fsp3) is 0.0714. The van der Waals surface area contributed by atoms with Gasteiger partial charge in [-0.05, 0) is 29.8 Å². The van der Waals surface area contributed by atoms with Gasteiger partial charge in [0.1, 0.15) is 5.82 Å². The van der Waals surface area contributed by atoms with Gasteiger partial charge in [0.15, 0.2) is 0 Å². The molecular formula is C14H11FO3S. The van der Waals surface area contributed by atoms with Gasteiger partial charge in [0.05, 0.1) is 27.0 Å². The predicted octanol–water partition coefficient (Wildman–Crippen LogP) is 2.83. The third-order valence-corrected chi connectivity index (χ3v) is 3.99. The highest BCUT2D eigenvalue weighted by Crippen LogP contribution is 2.17. The molecule has 0 aliphatic heterocycles. The van der Waals surface area contributed by atoms with E-state index in [9.17, 15) is 13.4 Å².